The van der Waals surface area contributed by atoms with E-state index < -0.39 is 0 Å². The van der Waals surface area contributed by atoms with Crippen LogP contribution >= 0.6 is 0 Å². The number of halogens is 1. The lowest BCUT2D eigenvalue weighted by Crippen LogP contribution is -2.04. The van der Waals surface area contributed by atoms with Crippen molar-refractivity contribution in [2.75, 3.05) is 13.2 Å². The minimum Gasteiger partial charge on any atom is -0.494 e. The summed E-state index contributed by atoms with van der Waals surface area (Å²) in [4.78, 5) is 8.21. The van der Waals surface area contributed by atoms with E-state index >= 15 is 0 Å². The molecule has 0 bridgehead atoms. The Balaban J connectivity index is 1.61. The van der Waals surface area contributed by atoms with Crippen LogP contribution in [0.3, 0.4) is 0 Å². The number of hydrogen-bond donors (Lipinski definition) is 0. The minimum absolute atomic E-state index is 0.188. The van der Waals surface area contributed by atoms with Crippen LogP contribution in [0.25, 0.3) is 10.9 Å². The van der Waals surface area contributed by atoms with Gasteiger partial charge < -0.3 is 9.47 Å². The standard InChI is InChI=1S/C18H17FN2O2/c1-2-22-15-8-6-13(7-9-15)10-11-23-18-20-12-14-4-3-5-16(19)17(14)21-18/h3-9,12H,2,10-11H2,1H3. The van der Waals surface area contributed by atoms with Gasteiger partial charge in [-0.2, -0.15) is 4.98 Å². The molecule has 0 amide bonds. The summed E-state index contributed by atoms with van der Waals surface area (Å²) in [6.07, 6.45) is 2.28. The van der Waals surface area contributed by atoms with Crippen molar-refractivity contribution in [1.82, 2.24) is 9.97 Å². The average molecular weight is 312 g/mol. The number of fused-ring (bicyclic) bond motifs is 1. The maximum atomic E-state index is 13.7. The highest BCUT2D eigenvalue weighted by molar-refractivity contribution is 5.78. The smallest absolute Gasteiger partial charge is 0.317 e. The lowest BCUT2D eigenvalue weighted by atomic mass is 10.1. The van der Waals surface area contributed by atoms with Crippen LogP contribution in [0.5, 0.6) is 11.8 Å². The van der Waals surface area contributed by atoms with Crippen LogP contribution in [-0.2, 0) is 6.42 Å². The first-order valence-electron chi connectivity index (χ1n) is 7.52. The molecule has 0 radical (unpaired) electrons. The predicted octanol–water partition coefficient (Wildman–Crippen LogP) is 3.79. The molecule has 0 saturated heterocycles. The van der Waals surface area contributed by atoms with Gasteiger partial charge in [0.15, 0.2) is 0 Å². The number of benzene rings is 2. The molecule has 3 aromatic rings. The number of ether oxygens (including phenoxy) is 2. The zero-order valence-electron chi connectivity index (χ0n) is 12.8. The predicted molar refractivity (Wildman–Crippen MR) is 86.3 cm³/mol. The Morgan fingerprint density at radius 3 is 2.65 bits per heavy atom. The van der Waals surface area contributed by atoms with Gasteiger partial charge in [-0.25, -0.2) is 9.37 Å². The van der Waals surface area contributed by atoms with Crippen LogP contribution in [0, 0.1) is 5.82 Å². The van der Waals surface area contributed by atoms with Gasteiger partial charge in [0.05, 0.1) is 13.2 Å². The number of nitrogens with zero attached hydrogens (tertiary/aromatic N) is 2. The molecule has 0 aliphatic rings. The molecular weight excluding hydrogens is 295 g/mol. The summed E-state index contributed by atoms with van der Waals surface area (Å²) in [6, 6.07) is 12.8. The first-order chi connectivity index (χ1) is 11.3. The van der Waals surface area contributed by atoms with Gasteiger partial charge in [0.25, 0.3) is 0 Å². The molecule has 3 rings (SSSR count). The zero-order valence-corrected chi connectivity index (χ0v) is 12.8. The molecule has 2 aromatic carbocycles. The average Bonchev–Trinajstić information content (AvgIpc) is 2.57. The van der Waals surface area contributed by atoms with Crippen molar-refractivity contribution < 1.29 is 13.9 Å². The lowest BCUT2D eigenvalue weighted by molar-refractivity contribution is 0.297. The number of hydrogen-bond acceptors (Lipinski definition) is 4. The van der Waals surface area contributed by atoms with Gasteiger partial charge in [-0.05, 0) is 30.7 Å². The molecule has 0 aliphatic carbocycles. The maximum absolute atomic E-state index is 13.7. The summed E-state index contributed by atoms with van der Waals surface area (Å²) in [5.41, 5.74) is 1.40. The fourth-order valence-electron chi connectivity index (χ4n) is 2.25. The molecule has 1 aromatic heterocycles. The maximum Gasteiger partial charge on any atom is 0.317 e. The van der Waals surface area contributed by atoms with Crippen molar-refractivity contribution in [2.45, 2.75) is 13.3 Å². The van der Waals surface area contributed by atoms with Gasteiger partial charge in [0, 0.05) is 18.0 Å². The van der Waals surface area contributed by atoms with E-state index in [0.717, 1.165) is 11.3 Å². The third-order valence-electron chi connectivity index (χ3n) is 3.40. The Labute approximate surface area is 133 Å². The van der Waals surface area contributed by atoms with E-state index in [1.165, 1.54) is 6.07 Å². The van der Waals surface area contributed by atoms with Crippen LogP contribution < -0.4 is 9.47 Å². The highest BCUT2D eigenvalue weighted by atomic mass is 19.1. The molecule has 0 unspecified atom stereocenters. The Morgan fingerprint density at radius 2 is 1.87 bits per heavy atom. The SMILES string of the molecule is CCOc1ccc(CCOc2ncc3cccc(F)c3n2)cc1. The third kappa shape index (κ3) is 3.74. The monoisotopic (exact) mass is 312 g/mol. The number of aromatic nitrogens is 2. The molecule has 0 atom stereocenters. The van der Waals surface area contributed by atoms with E-state index in [-0.39, 0.29) is 17.3 Å². The Hall–Kier alpha value is -2.69. The summed E-state index contributed by atoms with van der Waals surface area (Å²) >= 11 is 0. The second-order valence-electron chi connectivity index (χ2n) is 5.01. The Morgan fingerprint density at radius 1 is 1.04 bits per heavy atom. The number of para-hydroxylation sites is 1. The van der Waals surface area contributed by atoms with Gasteiger partial charge in [-0.3, -0.25) is 0 Å². The largest absolute Gasteiger partial charge is 0.494 e. The summed E-state index contributed by atoms with van der Waals surface area (Å²) < 4.78 is 24.6. The molecule has 4 nitrogen and oxygen atoms in total. The molecule has 0 saturated carbocycles. The second kappa shape index (κ2) is 7.05. The Bertz CT molecular complexity index is 791. The summed E-state index contributed by atoms with van der Waals surface area (Å²) in [7, 11) is 0. The van der Waals surface area contributed by atoms with Crippen LogP contribution in [0.1, 0.15) is 12.5 Å². The highest BCUT2D eigenvalue weighted by Crippen LogP contribution is 2.17. The molecule has 5 heteroatoms. The van der Waals surface area contributed by atoms with E-state index in [2.05, 4.69) is 9.97 Å². The topological polar surface area (TPSA) is 44.2 Å². The molecule has 1 heterocycles. The van der Waals surface area contributed by atoms with Crippen molar-refractivity contribution >= 4 is 10.9 Å². The van der Waals surface area contributed by atoms with Crippen LogP contribution in [0.4, 0.5) is 4.39 Å². The van der Waals surface area contributed by atoms with Gasteiger partial charge >= 0.3 is 6.01 Å². The van der Waals surface area contributed by atoms with Crippen molar-refractivity contribution in [3.63, 3.8) is 0 Å². The third-order valence-corrected chi connectivity index (χ3v) is 3.40. The molecule has 0 N–H and O–H groups in total. The van der Waals surface area contributed by atoms with Crippen molar-refractivity contribution in [3.05, 3.63) is 60.0 Å². The summed E-state index contributed by atoms with van der Waals surface area (Å²) in [5.74, 6) is 0.478. The first kappa shape index (κ1) is 15.2. The minimum atomic E-state index is -0.374. The summed E-state index contributed by atoms with van der Waals surface area (Å²) in [6.45, 7) is 3.03. The van der Waals surface area contributed by atoms with Crippen molar-refractivity contribution in [1.29, 1.82) is 0 Å². The zero-order chi connectivity index (χ0) is 16.1. The Kier molecular flexibility index (Phi) is 4.66. The molecule has 0 fully saturated rings. The molecule has 0 spiro atoms. The van der Waals surface area contributed by atoms with E-state index in [1.807, 2.05) is 31.2 Å². The van der Waals surface area contributed by atoms with Gasteiger partial charge in [-0.1, -0.05) is 24.3 Å². The summed E-state index contributed by atoms with van der Waals surface area (Å²) in [5, 5.41) is 0.656. The fraction of sp³-hybridized carbons (Fsp3) is 0.222. The normalized spacial score (nSPS) is 10.7. The second-order valence-corrected chi connectivity index (χ2v) is 5.01. The van der Waals surface area contributed by atoms with E-state index in [9.17, 15) is 4.39 Å². The fourth-order valence-corrected chi connectivity index (χ4v) is 2.25. The van der Waals surface area contributed by atoms with E-state index in [4.69, 9.17) is 9.47 Å². The van der Waals surface area contributed by atoms with Crippen LogP contribution in [-0.4, -0.2) is 23.2 Å². The van der Waals surface area contributed by atoms with Crippen LogP contribution in [0.15, 0.2) is 48.7 Å². The molecule has 118 valence electrons. The number of rotatable bonds is 6. The van der Waals surface area contributed by atoms with Gasteiger partial charge in [0.2, 0.25) is 0 Å². The quantitative estimate of drug-likeness (QED) is 0.694. The van der Waals surface area contributed by atoms with Gasteiger partial charge in [0.1, 0.15) is 17.1 Å². The highest BCUT2D eigenvalue weighted by Gasteiger charge is 2.05. The van der Waals surface area contributed by atoms with E-state index in [1.54, 1.807) is 18.3 Å². The molecule has 23 heavy (non-hydrogen) atoms. The first-order valence-corrected chi connectivity index (χ1v) is 7.52. The molecule has 0 aliphatic heterocycles. The van der Waals surface area contributed by atoms with Crippen molar-refractivity contribution in [3.8, 4) is 11.8 Å². The lowest BCUT2D eigenvalue weighted by Gasteiger charge is -2.07. The van der Waals surface area contributed by atoms with Gasteiger partial charge in [-0.15, -0.1) is 0 Å². The molecular formula is C18H17FN2O2. The van der Waals surface area contributed by atoms with Crippen molar-refractivity contribution in [2.24, 2.45) is 0 Å². The van der Waals surface area contributed by atoms with E-state index in [0.29, 0.717) is 25.0 Å². The van der Waals surface area contributed by atoms with Crippen LogP contribution in [0.2, 0.25) is 0 Å².